The number of halogens is 4. The van der Waals surface area contributed by atoms with Gasteiger partial charge in [-0.25, -0.2) is 9.37 Å². The van der Waals surface area contributed by atoms with Crippen LogP contribution in [-0.2, 0) is 17.4 Å². The summed E-state index contributed by atoms with van der Waals surface area (Å²) in [5.74, 6) is -1.52. The average molecular weight is 475 g/mol. The molecule has 34 heavy (non-hydrogen) atoms. The maximum absolute atomic E-state index is 14.7. The lowest BCUT2D eigenvalue weighted by atomic mass is 10.1. The van der Waals surface area contributed by atoms with Crippen molar-refractivity contribution in [3.63, 3.8) is 0 Å². The van der Waals surface area contributed by atoms with E-state index >= 15 is 0 Å². The predicted molar refractivity (Wildman–Crippen MR) is 120 cm³/mol. The van der Waals surface area contributed by atoms with E-state index in [2.05, 4.69) is 4.98 Å². The summed E-state index contributed by atoms with van der Waals surface area (Å²) in [6.45, 7) is 2.01. The molecule has 1 N–H and O–H groups in total. The number of hydrogen-bond donors (Lipinski definition) is 1. The summed E-state index contributed by atoms with van der Waals surface area (Å²) in [5.41, 5.74) is 1.37. The van der Waals surface area contributed by atoms with Gasteiger partial charge in [-0.05, 0) is 61.2 Å². The van der Waals surface area contributed by atoms with Crippen LogP contribution in [0, 0.1) is 5.82 Å². The van der Waals surface area contributed by atoms with Gasteiger partial charge in [0.15, 0.2) is 11.6 Å². The van der Waals surface area contributed by atoms with Crippen molar-refractivity contribution in [3.05, 3.63) is 83.3 Å². The number of aliphatic carboxylic acids is 1. The highest BCUT2D eigenvalue weighted by atomic mass is 19.4. The number of nitrogens with zero attached hydrogens (tertiary/aromatic N) is 1. The second-order valence-electron chi connectivity index (χ2n) is 7.93. The highest BCUT2D eigenvalue weighted by molar-refractivity contribution is 5.67. The molecule has 0 fully saturated rings. The summed E-state index contributed by atoms with van der Waals surface area (Å²) < 4.78 is 59.2. The number of pyridine rings is 1. The van der Waals surface area contributed by atoms with Gasteiger partial charge in [-0.2, -0.15) is 13.2 Å². The van der Waals surface area contributed by atoms with Crippen LogP contribution >= 0.6 is 0 Å². The zero-order valence-electron chi connectivity index (χ0n) is 18.6. The summed E-state index contributed by atoms with van der Waals surface area (Å²) in [5, 5.41) is 8.80. The van der Waals surface area contributed by atoms with Gasteiger partial charge in [0.05, 0.1) is 17.0 Å². The molecule has 4 nitrogen and oxygen atoms in total. The van der Waals surface area contributed by atoms with Crippen LogP contribution in [-0.4, -0.2) is 16.1 Å². The standard InChI is InChI=1S/C26H25F4NO3/c1-2-3-7-24(34-23-14-8-17(16-20(23)27)9-15-25(32)33)22-6-4-5-21(31-22)18-10-12-19(13-11-18)26(28,29)30/h4-6,8,10-14,16,24H,2-3,7,9,15H2,1H3,(H,32,33). The molecule has 1 heterocycles. The fourth-order valence-corrected chi connectivity index (χ4v) is 3.48. The van der Waals surface area contributed by atoms with Crippen LogP contribution in [0.5, 0.6) is 5.75 Å². The van der Waals surface area contributed by atoms with Crippen LogP contribution in [0.25, 0.3) is 11.3 Å². The minimum Gasteiger partial charge on any atom is -0.481 e. The third kappa shape index (κ3) is 6.79. The molecule has 3 rings (SSSR count). The van der Waals surface area contributed by atoms with Crippen molar-refractivity contribution < 1.29 is 32.2 Å². The molecule has 1 atom stereocenters. The molecule has 0 bridgehead atoms. The summed E-state index contributed by atoms with van der Waals surface area (Å²) >= 11 is 0. The largest absolute Gasteiger partial charge is 0.481 e. The predicted octanol–water partition coefficient (Wildman–Crippen LogP) is 7.23. The van der Waals surface area contributed by atoms with E-state index in [0.29, 0.717) is 28.9 Å². The molecule has 1 unspecified atom stereocenters. The van der Waals surface area contributed by atoms with E-state index < -0.39 is 29.6 Å². The number of unbranched alkanes of at least 4 members (excludes halogenated alkanes) is 1. The summed E-state index contributed by atoms with van der Waals surface area (Å²) in [7, 11) is 0. The van der Waals surface area contributed by atoms with Crippen LogP contribution in [0.2, 0.25) is 0 Å². The van der Waals surface area contributed by atoms with Gasteiger partial charge < -0.3 is 9.84 Å². The van der Waals surface area contributed by atoms with Crippen molar-refractivity contribution in [2.75, 3.05) is 0 Å². The van der Waals surface area contributed by atoms with E-state index in [0.717, 1.165) is 25.0 Å². The molecule has 8 heteroatoms. The number of carboxylic acids is 1. The van der Waals surface area contributed by atoms with Gasteiger partial charge in [-0.1, -0.05) is 37.6 Å². The number of alkyl halides is 3. The lowest BCUT2D eigenvalue weighted by Gasteiger charge is -2.20. The molecule has 0 saturated heterocycles. The van der Waals surface area contributed by atoms with Crippen molar-refractivity contribution in [1.82, 2.24) is 4.98 Å². The third-order valence-corrected chi connectivity index (χ3v) is 5.32. The van der Waals surface area contributed by atoms with E-state index in [4.69, 9.17) is 9.84 Å². The van der Waals surface area contributed by atoms with Crippen LogP contribution in [0.15, 0.2) is 60.7 Å². The highest BCUT2D eigenvalue weighted by Gasteiger charge is 2.30. The molecule has 0 spiro atoms. The van der Waals surface area contributed by atoms with Crippen molar-refractivity contribution in [3.8, 4) is 17.0 Å². The second kappa shape index (κ2) is 11.1. The fraction of sp³-hybridized carbons (Fsp3) is 0.308. The SMILES string of the molecule is CCCCC(Oc1ccc(CCC(=O)O)cc1F)c1cccc(-c2ccc(C(F)(F)F)cc2)n1. The Hall–Kier alpha value is -3.42. The van der Waals surface area contributed by atoms with E-state index in [-0.39, 0.29) is 18.6 Å². The van der Waals surface area contributed by atoms with E-state index in [1.807, 2.05) is 6.92 Å². The van der Waals surface area contributed by atoms with Gasteiger partial charge in [0.2, 0.25) is 0 Å². The maximum Gasteiger partial charge on any atom is 0.416 e. The fourth-order valence-electron chi connectivity index (χ4n) is 3.48. The molecular weight excluding hydrogens is 450 g/mol. The first-order valence-corrected chi connectivity index (χ1v) is 11.0. The maximum atomic E-state index is 14.7. The monoisotopic (exact) mass is 475 g/mol. The Kier molecular flexibility index (Phi) is 8.26. The van der Waals surface area contributed by atoms with Gasteiger partial charge in [-0.15, -0.1) is 0 Å². The number of carbonyl (C=O) groups is 1. The normalized spacial score (nSPS) is 12.4. The summed E-state index contributed by atoms with van der Waals surface area (Å²) in [6.07, 6.45) is -2.61. The Labute approximate surface area is 195 Å². The zero-order chi connectivity index (χ0) is 24.7. The summed E-state index contributed by atoms with van der Waals surface area (Å²) in [4.78, 5) is 15.3. The van der Waals surface area contributed by atoms with Gasteiger partial charge in [0.1, 0.15) is 6.10 Å². The number of rotatable bonds is 10. The lowest BCUT2D eigenvalue weighted by molar-refractivity contribution is -0.138. The lowest BCUT2D eigenvalue weighted by Crippen LogP contribution is -2.11. The first-order chi connectivity index (χ1) is 16.2. The molecule has 0 aliphatic rings. The molecule has 180 valence electrons. The molecule has 0 saturated carbocycles. The number of aryl methyl sites for hydroxylation is 1. The Morgan fingerprint density at radius 1 is 1.09 bits per heavy atom. The Bertz CT molecular complexity index is 1110. The molecular formula is C26H25F4NO3. The van der Waals surface area contributed by atoms with Gasteiger partial charge in [0.25, 0.3) is 0 Å². The van der Waals surface area contributed by atoms with Crippen LogP contribution < -0.4 is 4.74 Å². The highest BCUT2D eigenvalue weighted by Crippen LogP contribution is 2.32. The smallest absolute Gasteiger partial charge is 0.416 e. The van der Waals surface area contributed by atoms with Crippen molar-refractivity contribution in [1.29, 1.82) is 0 Å². The molecule has 1 aromatic heterocycles. The zero-order valence-corrected chi connectivity index (χ0v) is 18.6. The average Bonchev–Trinajstić information content (AvgIpc) is 2.81. The van der Waals surface area contributed by atoms with E-state index in [9.17, 15) is 22.4 Å². The minimum absolute atomic E-state index is 0.0295. The van der Waals surface area contributed by atoms with Crippen molar-refractivity contribution in [2.45, 2.75) is 51.3 Å². The quantitative estimate of drug-likeness (QED) is 0.314. The third-order valence-electron chi connectivity index (χ3n) is 5.32. The topological polar surface area (TPSA) is 59.4 Å². The number of benzene rings is 2. The molecule has 0 aliphatic carbocycles. The number of hydrogen-bond acceptors (Lipinski definition) is 3. The Morgan fingerprint density at radius 2 is 1.82 bits per heavy atom. The van der Waals surface area contributed by atoms with Crippen LogP contribution in [0.1, 0.15) is 55.5 Å². The summed E-state index contributed by atoms with van der Waals surface area (Å²) in [6, 6.07) is 14.3. The molecule has 0 aliphatic heterocycles. The van der Waals surface area contributed by atoms with E-state index in [1.165, 1.54) is 24.3 Å². The van der Waals surface area contributed by atoms with Crippen LogP contribution in [0.4, 0.5) is 17.6 Å². The second-order valence-corrected chi connectivity index (χ2v) is 7.93. The van der Waals surface area contributed by atoms with Gasteiger partial charge >= 0.3 is 12.1 Å². The number of aromatic nitrogens is 1. The van der Waals surface area contributed by atoms with Crippen LogP contribution in [0.3, 0.4) is 0 Å². The number of carboxylic acid groups (broad SMARTS) is 1. The molecule has 0 radical (unpaired) electrons. The minimum atomic E-state index is -4.42. The van der Waals surface area contributed by atoms with Crippen molar-refractivity contribution in [2.24, 2.45) is 0 Å². The van der Waals surface area contributed by atoms with Gasteiger partial charge in [0, 0.05) is 12.0 Å². The Balaban J connectivity index is 1.84. The molecule has 0 amide bonds. The number of ether oxygens (including phenoxy) is 1. The van der Waals surface area contributed by atoms with E-state index in [1.54, 1.807) is 24.3 Å². The molecule has 2 aromatic carbocycles. The van der Waals surface area contributed by atoms with Gasteiger partial charge in [-0.3, -0.25) is 4.79 Å². The Morgan fingerprint density at radius 3 is 2.44 bits per heavy atom. The molecule has 3 aromatic rings. The first kappa shape index (κ1) is 25.2. The first-order valence-electron chi connectivity index (χ1n) is 11.0. The van der Waals surface area contributed by atoms with Crippen molar-refractivity contribution >= 4 is 5.97 Å².